The number of rotatable bonds is 5. The summed E-state index contributed by atoms with van der Waals surface area (Å²) < 4.78 is 5.67. The second-order valence-corrected chi connectivity index (χ2v) is 7.23. The van der Waals surface area contributed by atoms with Crippen LogP contribution in [0.3, 0.4) is 0 Å². The lowest BCUT2D eigenvalue weighted by molar-refractivity contribution is -0.580. The van der Waals surface area contributed by atoms with Crippen molar-refractivity contribution in [2.45, 2.75) is 20.5 Å². The number of carbonyl (C=O) groups is 2. The minimum atomic E-state index is -0.535. The van der Waals surface area contributed by atoms with Crippen molar-refractivity contribution in [3.05, 3.63) is 74.7 Å². The first-order valence-electron chi connectivity index (χ1n) is 8.47. The molecule has 0 saturated carbocycles. The Morgan fingerprint density at radius 2 is 1.79 bits per heavy atom. The number of ether oxygens (including phenoxy) is 1. The quantitative estimate of drug-likeness (QED) is 0.269. The van der Waals surface area contributed by atoms with Crippen LogP contribution in [-0.2, 0) is 16.1 Å². The van der Waals surface area contributed by atoms with Crippen molar-refractivity contribution >= 4 is 46.0 Å². The van der Waals surface area contributed by atoms with Crippen LogP contribution in [0.15, 0.2) is 42.5 Å². The van der Waals surface area contributed by atoms with Gasteiger partial charge in [0.05, 0.1) is 16.0 Å². The molecule has 0 unspecified atom stereocenters. The predicted octanol–water partition coefficient (Wildman–Crippen LogP) is 4.11. The number of halogens is 2. The topological polar surface area (TPSA) is 83.2 Å². The lowest BCUT2D eigenvalue weighted by Crippen LogP contribution is -2.38. The van der Waals surface area contributed by atoms with Gasteiger partial charge in [-0.05, 0) is 6.07 Å². The van der Waals surface area contributed by atoms with Crippen molar-refractivity contribution in [2.75, 3.05) is 0 Å². The first kappa shape index (κ1) is 20.0. The maximum atomic E-state index is 13.0. The minimum Gasteiger partial charge on any atom is -0.618 e. The normalized spacial score (nSPS) is 11.0. The monoisotopic (exact) mass is 418 g/mol. The van der Waals surface area contributed by atoms with E-state index in [2.05, 4.69) is 4.98 Å². The highest BCUT2D eigenvalue weighted by Gasteiger charge is 2.28. The molecule has 1 aromatic heterocycles. The van der Waals surface area contributed by atoms with Crippen LogP contribution in [0.2, 0.25) is 10.0 Å². The molecule has 1 heterocycles. The zero-order chi connectivity index (χ0) is 20.4. The Bertz CT molecular complexity index is 1070. The summed E-state index contributed by atoms with van der Waals surface area (Å²) in [7, 11) is 0. The maximum absolute atomic E-state index is 13.0. The van der Waals surface area contributed by atoms with Crippen LogP contribution in [0, 0.1) is 11.1 Å². The number of esters is 1. The van der Waals surface area contributed by atoms with Gasteiger partial charge in [-0.3, -0.25) is 9.59 Å². The molecule has 28 heavy (non-hydrogen) atoms. The van der Waals surface area contributed by atoms with Crippen molar-refractivity contribution < 1.29 is 19.1 Å². The Balaban J connectivity index is 2.18. The summed E-state index contributed by atoms with van der Waals surface area (Å²) in [6, 6.07) is 11.1. The fourth-order valence-corrected chi connectivity index (χ4v) is 2.89. The van der Waals surface area contributed by atoms with Gasteiger partial charge in [-0.25, -0.2) is 4.98 Å². The van der Waals surface area contributed by atoms with Gasteiger partial charge >= 0.3 is 5.97 Å². The number of carbonyl (C=O) groups excluding carboxylic acids is 2. The molecule has 0 fully saturated rings. The summed E-state index contributed by atoms with van der Waals surface area (Å²) in [5, 5.41) is 13.4. The number of hydrogen-bond acceptors (Lipinski definition) is 5. The van der Waals surface area contributed by atoms with Crippen molar-refractivity contribution in [1.82, 2.24) is 4.98 Å². The van der Waals surface area contributed by atoms with Crippen LogP contribution in [0.25, 0.3) is 11.0 Å². The highest BCUT2D eigenvalue weighted by Crippen LogP contribution is 2.26. The molecule has 3 rings (SSSR count). The van der Waals surface area contributed by atoms with E-state index in [1.165, 1.54) is 12.1 Å². The molecule has 0 radical (unpaired) electrons. The van der Waals surface area contributed by atoms with Gasteiger partial charge in [0.2, 0.25) is 5.52 Å². The maximum Gasteiger partial charge on any atom is 0.308 e. The molecule has 0 aliphatic rings. The van der Waals surface area contributed by atoms with E-state index in [1.807, 2.05) is 0 Å². The third kappa shape index (κ3) is 3.93. The lowest BCUT2D eigenvalue weighted by Gasteiger charge is -2.13. The summed E-state index contributed by atoms with van der Waals surface area (Å²) in [6.45, 7) is 3.05. The molecule has 3 aromatic rings. The molecular formula is C20H16Cl2N2O4. The number of fused-ring (bicyclic) bond motifs is 1. The Kier molecular flexibility index (Phi) is 5.82. The fraction of sp³-hybridized carbons (Fsp3) is 0.200. The highest BCUT2D eigenvalue weighted by atomic mass is 35.5. The van der Waals surface area contributed by atoms with E-state index in [0.717, 1.165) is 0 Å². The van der Waals surface area contributed by atoms with Gasteiger partial charge in [-0.1, -0.05) is 67.4 Å². The number of nitrogens with zero attached hydrogens (tertiary/aromatic N) is 2. The van der Waals surface area contributed by atoms with Gasteiger partial charge in [0, 0.05) is 11.6 Å². The summed E-state index contributed by atoms with van der Waals surface area (Å²) in [5.74, 6) is -1.36. The van der Waals surface area contributed by atoms with E-state index >= 15 is 0 Å². The highest BCUT2D eigenvalue weighted by molar-refractivity contribution is 6.42. The number of ketones is 1. The molecule has 0 bridgehead atoms. The first-order chi connectivity index (χ1) is 13.3. The van der Waals surface area contributed by atoms with E-state index in [-0.39, 0.29) is 45.0 Å². The smallest absolute Gasteiger partial charge is 0.308 e. The summed E-state index contributed by atoms with van der Waals surface area (Å²) >= 11 is 12.0. The summed E-state index contributed by atoms with van der Waals surface area (Å²) in [6.07, 6.45) is 0. The Morgan fingerprint density at radius 1 is 1.14 bits per heavy atom. The van der Waals surface area contributed by atoms with Crippen LogP contribution in [0.5, 0.6) is 0 Å². The van der Waals surface area contributed by atoms with Gasteiger partial charge in [-0.15, -0.1) is 0 Å². The Hall–Kier alpha value is -2.70. The van der Waals surface area contributed by atoms with Crippen LogP contribution < -0.4 is 4.73 Å². The van der Waals surface area contributed by atoms with Gasteiger partial charge in [0.1, 0.15) is 12.1 Å². The standard InChI is InChI=1S/C20H16Cl2N2O4/c1-11(2)20(26)28-10-16-18(19(25)12-6-4-3-5-7-12)24(27)17-9-14(22)13(21)8-15(17)23-16/h3-9,11H,10H2,1-2H3. The second-order valence-electron chi connectivity index (χ2n) is 6.41. The van der Waals surface area contributed by atoms with E-state index in [0.29, 0.717) is 10.3 Å². The van der Waals surface area contributed by atoms with Crippen molar-refractivity contribution in [3.8, 4) is 0 Å². The molecule has 0 spiro atoms. The molecule has 0 saturated heterocycles. The van der Waals surface area contributed by atoms with Crippen LogP contribution in [0.4, 0.5) is 0 Å². The van der Waals surface area contributed by atoms with Gasteiger partial charge in [-0.2, -0.15) is 4.73 Å². The van der Waals surface area contributed by atoms with E-state index in [4.69, 9.17) is 27.9 Å². The third-order valence-electron chi connectivity index (χ3n) is 4.04. The second kappa shape index (κ2) is 8.12. The minimum absolute atomic E-state index is 0.0451. The van der Waals surface area contributed by atoms with Crippen LogP contribution >= 0.6 is 23.2 Å². The van der Waals surface area contributed by atoms with Crippen LogP contribution in [0.1, 0.15) is 35.6 Å². The molecule has 2 aromatic carbocycles. The Labute approximate surface area is 171 Å². The number of aromatic nitrogens is 2. The van der Waals surface area contributed by atoms with E-state index in [9.17, 15) is 14.8 Å². The first-order valence-corrected chi connectivity index (χ1v) is 9.22. The molecule has 0 amide bonds. The van der Waals surface area contributed by atoms with Gasteiger partial charge < -0.3 is 9.94 Å². The lowest BCUT2D eigenvalue weighted by atomic mass is 10.1. The zero-order valence-corrected chi connectivity index (χ0v) is 16.6. The number of hydrogen-bond donors (Lipinski definition) is 0. The average molecular weight is 419 g/mol. The van der Waals surface area contributed by atoms with Crippen LogP contribution in [-0.4, -0.2) is 16.7 Å². The van der Waals surface area contributed by atoms with Crippen molar-refractivity contribution in [3.63, 3.8) is 0 Å². The molecular weight excluding hydrogens is 403 g/mol. The van der Waals surface area contributed by atoms with Gasteiger partial charge in [0.15, 0.2) is 5.69 Å². The average Bonchev–Trinajstić information content (AvgIpc) is 2.68. The van der Waals surface area contributed by atoms with Crippen molar-refractivity contribution in [2.24, 2.45) is 5.92 Å². The molecule has 8 heteroatoms. The van der Waals surface area contributed by atoms with Crippen molar-refractivity contribution in [1.29, 1.82) is 0 Å². The SMILES string of the molecule is CC(C)C(=O)OCc1nc2cc(Cl)c(Cl)cc2[n+]([O-])c1C(=O)c1ccccc1. The van der Waals surface area contributed by atoms with E-state index in [1.54, 1.807) is 44.2 Å². The molecule has 144 valence electrons. The van der Waals surface area contributed by atoms with Gasteiger partial charge in [0.25, 0.3) is 11.5 Å². The predicted molar refractivity (Wildman–Crippen MR) is 105 cm³/mol. The van der Waals surface area contributed by atoms with E-state index < -0.39 is 11.8 Å². The summed E-state index contributed by atoms with van der Waals surface area (Å²) in [5.41, 5.74) is 0.458. The molecule has 0 atom stereocenters. The largest absolute Gasteiger partial charge is 0.618 e. The molecule has 0 aliphatic carbocycles. The number of benzene rings is 2. The molecule has 6 nitrogen and oxygen atoms in total. The zero-order valence-electron chi connectivity index (χ0n) is 15.1. The fourth-order valence-electron chi connectivity index (χ4n) is 2.57. The third-order valence-corrected chi connectivity index (χ3v) is 4.76. The molecule has 0 N–H and O–H groups in total. The Morgan fingerprint density at radius 3 is 2.43 bits per heavy atom. The molecule has 0 aliphatic heterocycles. The summed E-state index contributed by atoms with van der Waals surface area (Å²) in [4.78, 5) is 29.2.